The molecule has 3 rings (SSSR count). The van der Waals surface area contributed by atoms with E-state index in [9.17, 15) is 0 Å². The Morgan fingerprint density at radius 2 is 1.74 bits per heavy atom. The van der Waals surface area contributed by atoms with Gasteiger partial charge in [-0.2, -0.15) is 0 Å². The third-order valence-corrected chi connectivity index (χ3v) is 4.25. The minimum absolute atomic E-state index is 0. The second kappa shape index (κ2) is 8.23. The molecule has 1 heterocycles. The molecule has 23 heavy (non-hydrogen) atoms. The van der Waals surface area contributed by atoms with E-state index in [1.807, 2.05) is 12.1 Å². The normalized spacial score (nSPS) is 14.3. The number of aryl methyl sites for hydroxylation is 1. The van der Waals surface area contributed by atoms with Gasteiger partial charge >= 0.3 is 0 Å². The van der Waals surface area contributed by atoms with E-state index in [0.29, 0.717) is 0 Å². The monoisotopic (exact) mass is 332 g/mol. The molecular weight excluding hydrogens is 308 g/mol. The highest BCUT2D eigenvalue weighted by atomic mass is 35.5. The predicted molar refractivity (Wildman–Crippen MR) is 99.3 cm³/mol. The number of rotatable bonds is 4. The number of methoxy groups -OCH3 is 1. The molecule has 0 bridgehead atoms. The molecule has 0 aliphatic carbocycles. The first-order valence-corrected chi connectivity index (χ1v) is 7.94. The highest BCUT2D eigenvalue weighted by Gasteiger charge is 2.14. The lowest BCUT2D eigenvalue weighted by molar-refractivity contribution is 0.414. The standard InChI is InChI=1S/C19H24N2O.ClH/c1-15-3-8-19(21-11-9-20-10-12-21)17(13-15)14-16-4-6-18(22-2)7-5-16;/h3-8,13,20H,9-12,14H2,1-2H3;1H. The van der Waals surface area contributed by atoms with Crippen LogP contribution in [-0.4, -0.2) is 33.3 Å². The molecule has 3 nitrogen and oxygen atoms in total. The lowest BCUT2D eigenvalue weighted by Gasteiger charge is -2.31. The molecular formula is C19H25ClN2O. The zero-order valence-corrected chi connectivity index (χ0v) is 14.7. The van der Waals surface area contributed by atoms with E-state index in [1.54, 1.807) is 7.11 Å². The van der Waals surface area contributed by atoms with Crippen LogP contribution < -0.4 is 15.0 Å². The summed E-state index contributed by atoms with van der Waals surface area (Å²) in [5.41, 5.74) is 5.43. The van der Waals surface area contributed by atoms with Gasteiger partial charge in [-0.15, -0.1) is 12.4 Å². The number of ether oxygens (including phenoxy) is 1. The van der Waals surface area contributed by atoms with Crippen molar-refractivity contribution in [1.29, 1.82) is 0 Å². The Balaban J connectivity index is 0.00000192. The average molecular weight is 333 g/mol. The lowest BCUT2D eigenvalue weighted by Crippen LogP contribution is -2.43. The quantitative estimate of drug-likeness (QED) is 0.928. The summed E-state index contributed by atoms with van der Waals surface area (Å²) in [6.07, 6.45) is 0.963. The van der Waals surface area contributed by atoms with Gasteiger partial charge in [0, 0.05) is 31.9 Å². The van der Waals surface area contributed by atoms with Crippen LogP contribution in [0, 0.1) is 6.92 Å². The number of benzene rings is 2. The summed E-state index contributed by atoms with van der Waals surface area (Å²) >= 11 is 0. The molecule has 124 valence electrons. The third kappa shape index (κ3) is 4.40. The molecule has 0 saturated carbocycles. The smallest absolute Gasteiger partial charge is 0.118 e. The van der Waals surface area contributed by atoms with Crippen molar-refractivity contribution in [3.8, 4) is 5.75 Å². The van der Waals surface area contributed by atoms with Gasteiger partial charge in [-0.05, 0) is 42.7 Å². The largest absolute Gasteiger partial charge is 0.497 e. The molecule has 0 unspecified atom stereocenters. The summed E-state index contributed by atoms with van der Waals surface area (Å²) in [5, 5.41) is 3.42. The molecule has 2 aromatic carbocycles. The molecule has 2 aromatic rings. The van der Waals surface area contributed by atoms with Crippen LogP contribution >= 0.6 is 12.4 Å². The maximum atomic E-state index is 5.24. The summed E-state index contributed by atoms with van der Waals surface area (Å²) in [6.45, 7) is 6.46. The van der Waals surface area contributed by atoms with E-state index < -0.39 is 0 Å². The third-order valence-electron chi connectivity index (χ3n) is 4.25. The number of piperazine rings is 1. The Hall–Kier alpha value is -1.71. The van der Waals surface area contributed by atoms with E-state index in [1.165, 1.54) is 22.4 Å². The van der Waals surface area contributed by atoms with Gasteiger partial charge in [-0.25, -0.2) is 0 Å². The molecule has 1 fully saturated rings. The van der Waals surface area contributed by atoms with E-state index in [2.05, 4.69) is 47.5 Å². The summed E-state index contributed by atoms with van der Waals surface area (Å²) in [5.74, 6) is 0.912. The summed E-state index contributed by atoms with van der Waals surface area (Å²) in [7, 11) is 1.71. The average Bonchev–Trinajstić information content (AvgIpc) is 2.56. The molecule has 0 aromatic heterocycles. The molecule has 4 heteroatoms. The summed E-state index contributed by atoms with van der Waals surface area (Å²) in [4.78, 5) is 2.49. The number of nitrogens with one attached hydrogen (secondary N) is 1. The van der Waals surface area contributed by atoms with Crippen LogP contribution in [0.5, 0.6) is 5.75 Å². The topological polar surface area (TPSA) is 24.5 Å². The van der Waals surface area contributed by atoms with Crippen molar-refractivity contribution < 1.29 is 4.74 Å². The van der Waals surface area contributed by atoms with Gasteiger partial charge in [0.15, 0.2) is 0 Å². The molecule has 0 radical (unpaired) electrons. The predicted octanol–water partition coefficient (Wildman–Crippen LogP) is 3.43. The fourth-order valence-electron chi connectivity index (χ4n) is 3.03. The SMILES string of the molecule is COc1ccc(Cc2cc(C)ccc2N2CCNCC2)cc1.Cl. The zero-order valence-electron chi connectivity index (χ0n) is 13.8. The first-order valence-electron chi connectivity index (χ1n) is 7.94. The minimum Gasteiger partial charge on any atom is -0.497 e. The van der Waals surface area contributed by atoms with Crippen LogP contribution in [-0.2, 0) is 6.42 Å². The number of halogens is 1. The van der Waals surface area contributed by atoms with E-state index in [-0.39, 0.29) is 12.4 Å². The van der Waals surface area contributed by atoms with Gasteiger partial charge in [0.05, 0.1) is 7.11 Å². The Kier molecular flexibility index (Phi) is 6.31. The van der Waals surface area contributed by atoms with Crippen molar-refractivity contribution in [2.45, 2.75) is 13.3 Å². The summed E-state index contributed by atoms with van der Waals surface area (Å²) in [6, 6.07) is 15.2. The number of nitrogens with zero attached hydrogens (tertiary/aromatic N) is 1. The van der Waals surface area contributed by atoms with Gasteiger partial charge in [0.25, 0.3) is 0 Å². The highest BCUT2D eigenvalue weighted by Crippen LogP contribution is 2.25. The fourth-order valence-corrected chi connectivity index (χ4v) is 3.03. The lowest BCUT2D eigenvalue weighted by atomic mass is 10.00. The van der Waals surface area contributed by atoms with Crippen LogP contribution in [0.15, 0.2) is 42.5 Å². The second-order valence-corrected chi connectivity index (χ2v) is 5.89. The van der Waals surface area contributed by atoms with Crippen molar-refractivity contribution in [1.82, 2.24) is 5.32 Å². The molecule has 0 atom stereocenters. The zero-order chi connectivity index (χ0) is 15.4. The molecule has 0 spiro atoms. The van der Waals surface area contributed by atoms with Gasteiger partial charge in [-0.1, -0.05) is 29.8 Å². The molecule has 0 amide bonds. The minimum atomic E-state index is 0. The number of hydrogen-bond acceptors (Lipinski definition) is 3. The Morgan fingerprint density at radius 3 is 2.39 bits per heavy atom. The van der Waals surface area contributed by atoms with Crippen LogP contribution in [0.2, 0.25) is 0 Å². The van der Waals surface area contributed by atoms with Crippen LogP contribution in [0.1, 0.15) is 16.7 Å². The van der Waals surface area contributed by atoms with Crippen molar-refractivity contribution >= 4 is 18.1 Å². The van der Waals surface area contributed by atoms with Gasteiger partial charge in [0.2, 0.25) is 0 Å². The Bertz CT molecular complexity index is 622. The molecule has 1 aliphatic rings. The fraction of sp³-hybridized carbons (Fsp3) is 0.368. The molecule has 1 N–H and O–H groups in total. The van der Waals surface area contributed by atoms with Gasteiger partial charge < -0.3 is 15.0 Å². The molecule has 1 saturated heterocycles. The van der Waals surface area contributed by atoms with Crippen molar-refractivity contribution in [3.05, 3.63) is 59.2 Å². The van der Waals surface area contributed by atoms with E-state index in [0.717, 1.165) is 38.3 Å². The van der Waals surface area contributed by atoms with E-state index >= 15 is 0 Å². The van der Waals surface area contributed by atoms with Gasteiger partial charge in [0.1, 0.15) is 5.75 Å². The summed E-state index contributed by atoms with van der Waals surface area (Å²) < 4.78 is 5.24. The number of anilines is 1. The Labute approximate surface area is 145 Å². The van der Waals surface area contributed by atoms with Crippen molar-refractivity contribution in [3.63, 3.8) is 0 Å². The van der Waals surface area contributed by atoms with Crippen molar-refractivity contribution in [2.75, 3.05) is 38.2 Å². The van der Waals surface area contributed by atoms with Crippen LogP contribution in [0.3, 0.4) is 0 Å². The first-order chi connectivity index (χ1) is 10.8. The van der Waals surface area contributed by atoms with Crippen LogP contribution in [0.25, 0.3) is 0 Å². The highest BCUT2D eigenvalue weighted by molar-refractivity contribution is 5.85. The van der Waals surface area contributed by atoms with Crippen LogP contribution in [0.4, 0.5) is 5.69 Å². The second-order valence-electron chi connectivity index (χ2n) is 5.89. The Morgan fingerprint density at radius 1 is 1.04 bits per heavy atom. The van der Waals surface area contributed by atoms with E-state index in [4.69, 9.17) is 4.74 Å². The maximum absolute atomic E-state index is 5.24. The van der Waals surface area contributed by atoms with Crippen molar-refractivity contribution in [2.24, 2.45) is 0 Å². The maximum Gasteiger partial charge on any atom is 0.118 e. The molecule has 1 aliphatic heterocycles. The number of hydrogen-bond donors (Lipinski definition) is 1. The first kappa shape index (κ1) is 17.6. The van der Waals surface area contributed by atoms with Gasteiger partial charge in [-0.3, -0.25) is 0 Å².